The highest BCUT2D eigenvalue weighted by Crippen LogP contribution is 2.65. The van der Waals surface area contributed by atoms with Crippen LogP contribution >= 0.6 is 0 Å². The highest BCUT2D eigenvalue weighted by Gasteiger charge is 2.80. The Hall–Kier alpha value is -3.83. The van der Waals surface area contributed by atoms with Crippen molar-refractivity contribution in [1.29, 1.82) is 0 Å². The molecule has 2 aromatic carbocycles. The SMILES string of the molecule is CC(C)C[C@H](CO)N1C(=O)[C@@H]2[C@H](C(=O)NCc3ccccc3)[C@@]3(C)OC2(CC3C)C1C(=O)NCn1nnc2ccccc21. The Balaban J connectivity index is 1.34. The second kappa shape index (κ2) is 11.0. The summed E-state index contributed by atoms with van der Waals surface area (Å²) in [5, 5.41) is 24.9. The highest BCUT2D eigenvalue weighted by atomic mass is 16.5. The van der Waals surface area contributed by atoms with Crippen LogP contribution in [0.5, 0.6) is 0 Å². The number of carbonyl (C=O) groups is 3. The molecule has 1 aromatic heterocycles. The second-order valence-electron chi connectivity index (χ2n) is 12.9. The molecule has 2 bridgehead atoms. The molecule has 11 nitrogen and oxygen atoms in total. The molecule has 0 saturated carbocycles. The summed E-state index contributed by atoms with van der Waals surface area (Å²) in [7, 11) is 0. The lowest BCUT2D eigenvalue weighted by Crippen LogP contribution is -2.58. The molecule has 6 rings (SSSR count). The van der Waals surface area contributed by atoms with Crippen LogP contribution in [-0.4, -0.2) is 72.6 Å². The van der Waals surface area contributed by atoms with E-state index in [1.807, 2.05) is 82.3 Å². The van der Waals surface area contributed by atoms with Gasteiger partial charge in [-0.05, 0) is 49.3 Å². The van der Waals surface area contributed by atoms with E-state index in [2.05, 4.69) is 20.9 Å². The first-order valence-corrected chi connectivity index (χ1v) is 15.1. The van der Waals surface area contributed by atoms with Crippen LogP contribution in [0.4, 0.5) is 0 Å². The van der Waals surface area contributed by atoms with Gasteiger partial charge in [0.15, 0.2) is 0 Å². The molecule has 3 N–H and O–H groups in total. The van der Waals surface area contributed by atoms with Crippen molar-refractivity contribution >= 4 is 28.8 Å². The van der Waals surface area contributed by atoms with Crippen molar-refractivity contribution in [1.82, 2.24) is 30.5 Å². The highest BCUT2D eigenvalue weighted by molar-refractivity contribution is 5.99. The fourth-order valence-corrected chi connectivity index (χ4v) is 7.77. The molecule has 3 unspecified atom stereocenters. The molecule has 0 aliphatic carbocycles. The van der Waals surface area contributed by atoms with Crippen LogP contribution in [0.1, 0.15) is 46.1 Å². The average Bonchev–Trinajstić information content (AvgIpc) is 3.67. The average molecular weight is 589 g/mol. The fourth-order valence-electron chi connectivity index (χ4n) is 7.77. The van der Waals surface area contributed by atoms with Crippen LogP contribution in [0.2, 0.25) is 0 Å². The number of fused-ring (bicyclic) bond motifs is 2. The zero-order chi connectivity index (χ0) is 30.5. The van der Waals surface area contributed by atoms with Crippen molar-refractivity contribution in [2.45, 2.75) is 77.0 Å². The van der Waals surface area contributed by atoms with Crippen LogP contribution in [0.25, 0.3) is 11.0 Å². The Morgan fingerprint density at radius 2 is 1.81 bits per heavy atom. The maximum Gasteiger partial charge on any atom is 0.247 e. The number of para-hydroxylation sites is 1. The largest absolute Gasteiger partial charge is 0.394 e. The van der Waals surface area contributed by atoms with E-state index in [1.165, 1.54) is 4.90 Å². The fraction of sp³-hybridized carbons (Fsp3) is 0.531. The number of nitrogens with one attached hydrogen (secondary N) is 2. The first-order valence-electron chi connectivity index (χ1n) is 15.1. The van der Waals surface area contributed by atoms with E-state index in [9.17, 15) is 19.5 Å². The van der Waals surface area contributed by atoms with Crippen LogP contribution in [0.3, 0.4) is 0 Å². The van der Waals surface area contributed by atoms with E-state index in [1.54, 1.807) is 4.68 Å². The first kappa shape index (κ1) is 29.3. The lowest BCUT2D eigenvalue weighted by molar-refractivity contribution is -0.151. The lowest BCUT2D eigenvalue weighted by atomic mass is 9.62. The first-order chi connectivity index (χ1) is 20.6. The van der Waals surface area contributed by atoms with E-state index < -0.39 is 41.0 Å². The van der Waals surface area contributed by atoms with Gasteiger partial charge in [-0.1, -0.05) is 68.4 Å². The third-order valence-electron chi connectivity index (χ3n) is 9.76. The smallest absolute Gasteiger partial charge is 0.247 e. The number of likely N-dealkylation sites (tertiary alicyclic amines) is 1. The van der Waals surface area contributed by atoms with Crippen LogP contribution in [0.15, 0.2) is 54.6 Å². The van der Waals surface area contributed by atoms with Crippen molar-refractivity contribution in [3.63, 3.8) is 0 Å². The van der Waals surface area contributed by atoms with Gasteiger partial charge in [0, 0.05) is 6.54 Å². The molecule has 1 spiro atoms. The quantitative estimate of drug-likeness (QED) is 0.330. The topological polar surface area (TPSA) is 139 Å². The molecular formula is C32H40N6O5. The third kappa shape index (κ3) is 4.69. The summed E-state index contributed by atoms with van der Waals surface area (Å²) < 4.78 is 8.41. The number of hydrogen-bond acceptors (Lipinski definition) is 7. The summed E-state index contributed by atoms with van der Waals surface area (Å²) in [4.78, 5) is 44.1. The minimum atomic E-state index is -1.21. The number of ether oxygens (including phenoxy) is 1. The van der Waals surface area contributed by atoms with Crippen LogP contribution in [0, 0.1) is 23.7 Å². The van der Waals surface area contributed by atoms with Gasteiger partial charge in [-0.3, -0.25) is 14.4 Å². The number of carbonyl (C=O) groups excluding carboxylic acids is 3. The summed E-state index contributed by atoms with van der Waals surface area (Å²) in [5.74, 6) is -2.55. The van der Waals surface area contributed by atoms with E-state index in [4.69, 9.17) is 4.74 Å². The molecular weight excluding hydrogens is 548 g/mol. The molecule has 3 fully saturated rings. The Morgan fingerprint density at radius 1 is 1.09 bits per heavy atom. The summed E-state index contributed by atoms with van der Waals surface area (Å²) >= 11 is 0. The van der Waals surface area contributed by atoms with Crippen molar-refractivity contribution in [2.75, 3.05) is 6.61 Å². The van der Waals surface area contributed by atoms with Crippen LogP contribution in [-0.2, 0) is 32.3 Å². The van der Waals surface area contributed by atoms with Crippen LogP contribution < -0.4 is 10.6 Å². The Bertz CT molecular complexity index is 1530. The van der Waals surface area contributed by atoms with E-state index in [0.29, 0.717) is 24.9 Å². The van der Waals surface area contributed by atoms with Crippen molar-refractivity contribution in [3.05, 3.63) is 60.2 Å². The number of aliphatic hydroxyl groups is 1. The molecule has 3 aromatic rings. The number of rotatable bonds is 10. The van der Waals surface area contributed by atoms with Gasteiger partial charge in [0.2, 0.25) is 17.7 Å². The molecule has 3 amide bonds. The monoisotopic (exact) mass is 588 g/mol. The summed E-state index contributed by atoms with van der Waals surface area (Å²) in [6.45, 7) is 7.99. The molecule has 3 aliphatic rings. The number of aromatic nitrogens is 3. The molecule has 4 heterocycles. The maximum absolute atomic E-state index is 14.5. The summed E-state index contributed by atoms with van der Waals surface area (Å²) in [6, 6.07) is 15.4. The molecule has 43 heavy (non-hydrogen) atoms. The normalized spacial score (nSPS) is 30.2. The van der Waals surface area contributed by atoms with Gasteiger partial charge in [-0.25, -0.2) is 4.68 Å². The van der Waals surface area contributed by atoms with E-state index >= 15 is 0 Å². The zero-order valence-electron chi connectivity index (χ0n) is 25.1. The van der Waals surface area contributed by atoms with Gasteiger partial charge in [0.25, 0.3) is 0 Å². The molecule has 3 saturated heterocycles. The molecule has 11 heteroatoms. The maximum atomic E-state index is 14.5. The lowest BCUT2D eigenvalue weighted by Gasteiger charge is -2.37. The summed E-state index contributed by atoms with van der Waals surface area (Å²) in [5.41, 5.74) is 0.275. The standard InChI is InChI=1S/C32H40N6O5/c1-19(2)14-22(17-39)38-27(29(41)34-18-37-24-13-9-8-12-23(24)35-36-37)32-15-20(3)31(4,43-32)25(26(32)30(38)42)28(40)33-16-21-10-6-5-7-11-21/h5-13,19-20,22,25-27,39H,14-18H2,1-4H3,(H,33,40)(H,34,41)/t20?,22-,25-,26+,27?,31+,32?/m1/s1. The summed E-state index contributed by atoms with van der Waals surface area (Å²) in [6.07, 6.45) is 0.948. The van der Waals surface area contributed by atoms with Gasteiger partial charge >= 0.3 is 0 Å². The predicted octanol–water partition coefficient (Wildman–Crippen LogP) is 2.24. The Morgan fingerprint density at radius 3 is 2.53 bits per heavy atom. The van der Waals surface area contributed by atoms with Crippen molar-refractivity contribution in [2.24, 2.45) is 23.7 Å². The number of aliphatic hydroxyl groups excluding tert-OH is 1. The third-order valence-corrected chi connectivity index (χ3v) is 9.76. The molecule has 7 atom stereocenters. The van der Waals surface area contributed by atoms with E-state index in [-0.39, 0.29) is 36.9 Å². The number of benzene rings is 2. The minimum absolute atomic E-state index is 0.0421. The van der Waals surface area contributed by atoms with Gasteiger partial charge in [0.1, 0.15) is 23.8 Å². The minimum Gasteiger partial charge on any atom is -0.394 e. The number of nitrogens with zero attached hydrogens (tertiary/aromatic N) is 4. The van der Waals surface area contributed by atoms with Gasteiger partial charge in [-0.15, -0.1) is 5.10 Å². The molecule has 228 valence electrons. The van der Waals surface area contributed by atoms with Crippen molar-refractivity contribution in [3.8, 4) is 0 Å². The Kier molecular flexibility index (Phi) is 7.50. The Labute approximate surface area is 250 Å². The van der Waals surface area contributed by atoms with Gasteiger partial charge < -0.3 is 25.4 Å². The van der Waals surface area contributed by atoms with Gasteiger partial charge in [0.05, 0.1) is 35.6 Å². The van der Waals surface area contributed by atoms with Crippen molar-refractivity contribution < 1.29 is 24.2 Å². The number of hydrogen-bond donors (Lipinski definition) is 3. The zero-order valence-corrected chi connectivity index (χ0v) is 25.1. The number of amides is 3. The predicted molar refractivity (Wildman–Crippen MR) is 158 cm³/mol. The molecule has 0 radical (unpaired) electrons. The van der Waals surface area contributed by atoms with Gasteiger partial charge in [-0.2, -0.15) is 0 Å². The molecule has 3 aliphatic heterocycles. The van der Waals surface area contributed by atoms with E-state index in [0.717, 1.165) is 11.1 Å². The second-order valence-corrected chi connectivity index (χ2v) is 12.9.